The predicted molar refractivity (Wildman–Crippen MR) is 69.9 cm³/mol. The smallest absolute Gasteiger partial charge is 0.348 e. The largest absolute Gasteiger partial charge is 0.451 e. The third-order valence-electron chi connectivity index (χ3n) is 2.58. The molecule has 0 aliphatic heterocycles. The van der Waals surface area contributed by atoms with Crippen LogP contribution in [-0.2, 0) is 11.3 Å². The zero-order valence-electron chi connectivity index (χ0n) is 10.4. The standard InChI is InChI=1S/C13H9FN2O3S/c1-7-15-12(19-16-7)6-18-13(17)11-5-8-4-9(14)2-3-10(8)20-11/h2-5H,6H2,1H3. The van der Waals surface area contributed by atoms with Gasteiger partial charge in [-0.2, -0.15) is 4.98 Å². The van der Waals surface area contributed by atoms with E-state index in [1.54, 1.807) is 19.1 Å². The highest BCUT2D eigenvalue weighted by molar-refractivity contribution is 7.20. The lowest BCUT2D eigenvalue weighted by Crippen LogP contribution is -2.03. The maximum absolute atomic E-state index is 13.1. The van der Waals surface area contributed by atoms with Crippen LogP contribution >= 0.6 is 11.3 Å². The second-order valence-electron chi connectivity index (χ2n) is 4.10. The Hall–Kier alpha value is -2.28. The van der Waals surface area contributed by atoms with E-state index in [0.29, 0.717) is 16.1 Å². The average Bonchev–Trinajstić information content (AvgIpc) is 3.01. The van der Waals surface area contributed by atoms with E-state index < -0.39 is 5.97 Å². The Labute approximate surface area is 117 Å². The average molecular weight is 292 g/mol. The molecule has 102 valence electrons. The molecule has 20 heavy (non-hydrogen) atoms. The normalized spacial score (nSPS) is 10.9. The van der Waals surface area contributed by atoms with Crippen molar-refractivity contribution in [3.05, 3.63) is 46.7 Å². The zero-order chi connectivity index (χ0) is 14.1. The van der Waals surface area contributed by atoms with Gasteiger partial charge in [-0.3, -0.25) is 0 Å². The van der Waals surface area contributed by atoms with Crippen LogP contribution in [0.15, 0.2) is 28.8 Å². The topological polar surface area (TPSA) is 65.2 Å². The molecule has 0 aliphatic rings. The number of carbonyl (C=O) groups excluding carboxylic acids is 1. The number of nitrogens with zero attached hydrogens (tertiary/aromatic N) is 2. The van der Waals surface area contributed by atoms with Gasteiger partial charge >= 0.3 is 5.97 Å². The van der Waals surface area contributed by atoms with E-state index in [9.17, 15) is 9.18 Å². The van der Waals surface area contributed by atoms with Crippen molar-refractivity contribution >= 4 is 27.4 Å². The first-order chi connectivity index (χ1) is 9.61. The molecule has 1 aromatic carbocycles. The minimum Gasteiger partial charge on any atom is -0.451 e. The van der Waals surface area contributed by atoms with E-state index in [2.05, 4.69) is 10.1 Å². The zero-order valence-corrected chi connectivity index (χ0v) is 11.2. The summed E-state index contributed by atoms with van der Waals surface area (Å²) in [5.74, 6) is -0.115. The third kappa shape index (κ3) is 2.53. The number of hydrogen-bond acceptors (Lipinski definition) is 6. The molecule has 2 aromatic heterocycles. The first-order valence-corrected chi connectivity index (χ1v) is 6.59. The Morgan fingerprint density at radius 2 is 2.30 bits per heavy atom. The van der Waals surface area contributed by atoms with Crippen LogP contribution in [0.3, 0.4) is 0 Å². The summed E-state index contributed by atoms with van der Waals surface area (Å²) < 4.78 is 23.8. The first kappa shape index (κ1) is 12.7. The number of esters is 1. The number of ether oxygens (including phenoxy) is 1. The molecule has 2 heterocycles. The quantitative estimate of drug-likeness (QED) is 0.694. The fourth-order valence-corrected chi connectivity index (χ4v) is 2.65. The van der Waals surface area contributed by atoms with Crippen molar-refractivity contribution in [3.8, 4) is 0 Å². The highest BCUT2D eigenvalue weighted by atomic mass is 32.1. The lowest BCUT2D eigenvalue weighted by atomic mass is 10.2. The van der Waals surface area contributed by atoms with Gasteiger partial charge in [0.1, 0.15) is 10.7 Å². The van der Waals surface area contributed by atoms with E-state index in [-0.39, 0.29) is 18.3 Å². The van der Waals surface area contributed by atoms with Crippen molar-refractivity contribution < 1.29 is 18.4 Å². The van der Waals surface area contributed by atoms with Crippen LogP contribution in [0.2, 0.25) is 0 Å². The van der Waals surface area contributed by atoms with Gasteiger partial charge in [-0.25, -0.2) is 9.18 Å². The Bertz CT molecular complexity index is 781. The summed E-state index contributed by atoms with van der Waals surface area (Å²) in [6, 6.07) is 5.97. The summed E-state index contributed by atoms with van der Waals surface area (Å²) in [4.78, 5) is 16.2. The highest BCUT2D eigenvalue weighted by Gasteiger charge is 2.14. The molecule has 0 atom stereocenters. The Kier molecular flexibility index (Phi) is 3.19. The van der Waals surface area contributed by atoms with Crippen LogP contribution in [0.5, 0.6) is 0 Å². The minimum absolute atomic E-state index is 0.0811. The molecule has 3 rings (SSSR count). The second kappa shape index (κ2) is 5.01. The van der Waals surface area contributed by atoms with Gasteiger partial charge in [0.25, 0.3) is 5.89 Å². The minimum atomic E-state index is -0.498. The summed E-state index contributed by atoms with van der Waals surface area (Å²) in [6.07, 6.45) is 0. The van der Waals surface area contributed by atoms with Gasteiger partial charge in [-0.05, 0) is 36.6 Å². The van der Waals surface area contributed by atoms with Crippen LogP contribution in [-0.4, -0.2) is 16.1 Å². The summed E-state index contributed by atoms with van der Waals surface area (Å²) in [5.41, 5.74) is 0. The number of aryl methyl sites for hydroxylation is 1. The number of aromatic nitrogens is 2. The molecule has 0 amide bonds. The molecular weight excluding hydrogens is 283 g/mol. The second-order valence-corrected chi connectivity index (χ2v) is 5.19. The molecule has 0 saturated heterocycles. The molecule has 0 aliphatic carbocycles. The van der Waals surface area contributed by atoms with Crippen molar-refractivity contribution in [2.75, 3.05) is 0 Å². The van der Waals surface area contributed by atoms with Gasteiger partial charge in [0.15, 0.2) is 12.4 Å². The fraction of sp³-hybridized carbons (Fsp3) is 0.154. The number of thiophene rings is 1. The number of hydrogen-bond donors (Lipinski definition) is 0. The van der Waals surface area contributed by atoms with Gasteiger partial charge in [0, 0.05) is 4.70 Å². The third-order valence-corrected chi connectivity index (χ3v) is 3.67. The Morgan fingerprint density at radius 1 is 1.45 bits per heavy atom. The van der Waals surface area contributed by atoms with Crippen molar-refractivity contribution in [2.24, 2.45) is 0 Å². The van der Waals surface area contributed by atoms with Crippen LogP contribution < -0.4 is 0 Å². The number of rotatable bonds is 3. The molecule has 0 N–H and O–H groups in total. The van der Waals surface area contributed by atoms with E-state index in [1.807, 2.05) is 0 Å². The number of benzene rings is 1. The Morgan fingerprint density at radius 3 is 3.05 bits per heavy atom. The lowest BCUT2D eigenvalue weighted by Gasteiger charge is -1.97. The molecule has 0 radical (unpaired) electrons. The lowest BCUT2D eigenvalue weighted by molar-refractivity contribution is 0.0435. The summed E-state index contributed by atoms with van der Waals surface area (Å²) in [7, 11) is 0. The van der Waals surface area contributed by atoms with Crippen LogP contribution in [0.1, 0.15) is 21.4 Å². The molecular formula is C13H9FN2O3S. The molecule has 0 spiro atoms. The van der Waals surface area contributed by atoms with E-state index in [0.717, 1.165) is 4.70 Å². The first-order valence-electron chi connectivity index (χ1n) is 5.77. The van der Waals surface area contributed by atoms with Crippen molar-refractivity contribution in [2.45, 2.75) is 13.5 Å². The van der Waals surface area contributed by atoms with Crippen molar-refractivity contribution in [1.29, 1.82) is 0 Å². The highest BCUT2D eigenvalue weighted by Crippen LogP contribution is 2.26. The van der Waals surface area contributed by atoms with Gasteiger partial charge < -0.3 is 9.26 Å². The van der Waals surface area contributed by atoms with Gasteiger partial charge in [-0.1, -0.05) is 5.16 Å². The fourth-order valence-electron chi connectivity index (χ4n) is 1.71. The molecule has 0 unspecified atom stereocenters. The summed E-state index contributed by atoms with van der Waals surface area (Å²) >= 11 is 1.25. The predicted octanol–water partition coefficient (Wildman–Crippen LogP) is 3.09. The van der Waals surface area contributed by atoms with Gasteiger partial charge in [0.2, 0.25) is 0 Å². The molecule has 7 heteroatoms. The number of fused-ring (bicyclic) bond motifs is 1. The SMILES string of the molecule is Cc1noc(COC(=O)c2cc3cc(F)ccc3s2)n1. The van der Waals surface area contributed by atoms with E-state index in [1.165, 1.54) is 23.5 Å². The molecule has 5 nitrogen and oxygen atoms in total. The van der Waals surface area contributed by atoms with Gasteiger partial charge in [0.05, 0.1) is 0 Å². The summed E-state index contributed by atoms with van der Waals surface area (Å²) in [5, 5.41) is 4.27. The monoisotopic (exact) mass is 292 g/mol. The van der Waals surface area contributed by atoms with Crippen molar-refractivity contribution in [3.63, 3.8) is 0 Å². The van der Waals surface area contributed by atoms with E-state index >= 15 is 0 Å². The van der Waals surface area contributed by atoms with Crippen LogP contribution in [0.25, 0.3) is 10.1 Å². The van der Waals surface area contributed by atoms with E-state index in [4.69, 9.17) is 9.26 Å². The maximum Gasteiger partial charge on any atom is 0.348 e. The maximum atomic E-state index is 13.1. The van der Waals surface area contributed by atoms with Crippen LogP contribution in [0, 0.1) is 12.7 Å². The Balaban J connectivity index is 1.75. The molecule has 3 aromatic rings. The molecule has 0 bridgehead atoms. The van der Waals surface area contributed by atoms with Gasteiger partial charge in [-0.15, -0.1) is 11.3 Å². The van der Waals surface area contributed by atoms with Crippen molar-refractivity contribution in [1.82, 2.24) is 10.1 Å². The molecule has 0 fully saturated rings. The summed E-state index contributed by atoms with van der Waals surface area (Å²) in [6.45, 7) is 1.59. The number of halogens is 1. The number of carbonyl (C=O) groups is 1. The van der Waals surface area contributed by atoms with Crippen LogP contribution in [0.4, 0.5) is 4.39 Å². The molecule has 0 saturated carbocycles.